The van der Waals surface area contributed by atoms with Gasteiger partial charge in [-0.05, 0) is 218 Å². The average molecular weight is 1140 g/mol. The number of methoxy groups -OCH3 is 3. The molecule has 0 spiro atoms. The van der Waals surface area contributed by atoms with Crippen LogP contribution < -0.4 is 5.32 Å². The van der Waals surface area contributed by atoms with Crippen molar-refractivity contribution in [1.29, 1.82) is 0 Å². The summed E-state index contributed by atoms with van der Waals surface area (Å²) in [7, 11) is 3.78. The van der Waals surface area contributed by atoms with Gasteiger partial charge >= 0.3 is 29.8 Å². The maximum atomic E-state index is 14.0. The molecule has 7 aliphatic rings. The van der Waals surface area contributed by atoms with Gasteiger partial charge in [0.2, 0.25) is 0 Å². The molecule has 4 atom stereocenters. The van der Waals surface area contributed by atoms with E-state index in [0.717, 1.165) is 152 Å². The molecular formula is C61H81ClF3N3O12. The zero-order chi connectivity index (χ0) is 56.3. The molecule has 0 unspecified atom stereocenters. The van der Waals surface area contributed by atoms with Crippen LogP contribution in [0.2, 0.25) is 0 Å². The van der Waals surface area contributed by atoms with Gasteiger partial charge < -0.3 is 38.8 Å². The van der Waals surface area contributed by atoms with Crippen molar-refractivity contribution >= 4 is 42.3 Å². The number of ether oxygens (including phenoxy) is 6. The number of rotatable bonds is 15. The maximum Gasteiger partial charge on any atom is 0.340 e. The number of unbranched alkanes of at least 4 members (excludes halogenated alkanes) is 1. The third-order valence-corrected chi connectivity index (χ3v) is 17.7. The summed E-state index contributed by atoms with van der Waals surface area (Å²) < 4.78 is 73.1. The molecular weight excluding hydrogens is 1060 g/mol. The summed E-state index contributed by atoms with van der Waals surface area (Å²) in [5, 5.41) is 12.9. The summed E-state index contributed by atoms with van der Waals surface area (Å²) in [6, 6.07) is 14.8. The van der Waals surface area contributed by atoms with Gasteiger partial charge in [-0.15, -0.1) is 12.4 Å². The number of carboxylic acid groups (broad SMARTS) is 1. The molecule has 0 bridgehead atoms. The Balaban J connectivity index is 0.000000181. The number of benzene rings is 3. The second-order valence-electron chi connectivity index (χ2n) is 22.5. The van der Waals surface area contributed by atoms with Gasteiger partial charge in [0.05, 0.1) is 57.8 Å². The van der Waals surface area contributed by atoms with Crippen molar-refractivity contribution in [1.82, 2.24) is 15.1 Å². The van der Waals surface area contributed by atoms with Crippen LogP contribution in [0, 0.1) is 29.3 Å². The van der Waals surface area contributed by atoms with E-state index in [1.54, 1.807) is 36.4 Å². The van der Waals surface area contributed by atoms with E-state index in [9.17, 15) is 42.3 Å². The number of likely N-dealkylation sites (tertiary alicyclic amines) is 2. The lowest BCUT2D eigenvalue weighted by Gasteiger charge is -2.44. The molecule has 2 N–H and O–H groups in total. The zero-order valence-corrected chi connectivity index (χ0v) is 47.6. The standard InChI is InChI=1S/C26H36FNO5.C22H28FNO5.C13H16FNO2.ClH/c1-3-4-15-32-25(30)26(20-6-7-20)12-9-21(17-33-26)28-13-10-18(11-14-28)19-5-8-23(27)22(16-19)24(29)31-2;1-28-20(25)18-12-15(2-5-19(18)23)14-7-10-24(11-8-14)17-6-9-22(21(26)27,29-13-17)16-3-4-16;1-17-13(16)11-8-10(2-3-12(11)14)9-4-6-15-7-5-9;/h5,8,16,18,20-21H,3-4,6-7,9-15,17H2,1-2H3;2,5,12,14,16-17H,3-4,6-11,13H2,1H3,(H,26,27);2-3,8-9,15H,4-7H2,1H3;1H/t21-,26+;17-,22+;;/m11../s1. The molecule has 19 heteroatoms. The Morgan fingerprint density at radius 1 is 0.575 bits per heavy atom. The molecule has 0 aromatic heterocycles. The Hall–Kier alpha value is -5.11. The molecule has 2 aliphatic carbocycles. The van der Waals surface area contributed by atoms with Gasteiger partial charge in [0, 0.05) is 12.1 Å². The maximum absolute atomic E-state index is 14.0. The lowest BCUT2D eigenvalue weighted by Crippen LogP contribution is -2.55. The molecule has 0 amide bonds. The highest BCUT2D eigenvalue weighted by atomic mass is 35.5. The molecule has 0 radical (unpaired) electrons. The number of esters is 4. The Kier molecular flexibility index (Phi) is 22.4. The first-order valence-corrected chi connectivity index (χ1v) is 28.7. The number of piperidine rings is 3. The van der Waals surface area contributed by atoms with E-state index in [4.69, 9.17) is 18.9 Å². The molecule has 80 heavy (non-hydrogen) atoms. The van der Waals surface area contributed by atoms with Crippen molar-refractivity contribution in [3.63, 3.8) is 0 Å². The van der Waals surface area contributed by atoms with Gasteiger partial charge in [-0.2, -0.15) is 0 Å². The third kappa shape index (κ3) is 14.9. The first kappa shape index (κ1) is 62.5. The quantitative estimate of drug-likeness (QED) is 0.0833. The Morgan fingerprint density at radius 2 is 0.950 bits per heavy atom. The highest BCUT2D eigenvalue weighted by Crippen LogP contribution is 2.49. The molecule has 10 rings (SSSR count). The minimum atomic E-state index is -0.965. The van der Waals surface area contributed by atoms with Crippen LogP contribution in [-0.2, 0) is 38.0 Å². The van der Waals surface area contributed by atoms with Gasteiger partial charge in [0.1, 0.15) is 17.5 Å². The fourth-order valence-corrected chi connectivity index (χ4v) is 12.5. The molecule has 15 nitrogen and oxygen atoms in total. The van der Waals surface area contributed by atoms with E-state index >= 15 is 0 Å². The number of carbonyl (C=O) groups excluding carboxylic acids is 4. The number of nitrogens with one attached hydrogen (secondary N) is 1. The van der Waals surface area contributed by atoms with Gasteiger partial charge in [-0.3, -0.25) is 9.80 Å². The lowest BCUT2D eigenvalue weighted by molar-refractivity contribution is -0.189. The number of carbonyl (C=O) groups is 5. The van der Waals surface area contributed by atoms with Gasteiger partial charge in [-0.25, -0.2) is 37.1 Å². The van der Waals surface area contributed by atoms with E-state index in [1.807, 2.05) is 0 Å². The molecule has 3 aromatic carbocycles. The molecule has 3 aromatic rings. The van der Waals surface area contributed by atoms with Crippen molar-refractivity contribution in [3.05, 3.63) is 105 Å². The van der Waals surface area contributed by atoms with Crippen molar-refractivity contribution < 1.29 is 70.7 Å². The van der Waals surface area contributed by atoms with Crippen LogP contribution >= 0.6 is 12.4 Å². The predicted molar refractivity (Wildman–Crippen MR) is 295 cm³/mol. The summed E-state index contributed by atoms with van der Waals surface area (Å²) in [4.78, 5) is 64.5. The zero-order valence-electron chi connectivity index (χ0n) is 46.8. The van der Waals surface area contributed by atoms with Crippen LogP contribution in [0.1, 0.15) is 175 Å². The van der Waals surface area contributed by atoms with Crippen molar-refractivity contribution in [3.8, 4) is 0 Å². The van der Waals surface area contributed by atoms with E-state index in [1.165, 1.54) is 39.5 Å². The summed E-state index contributed by atoms with van der Waals surface area (Å²) in [6.07, 6.45) is 14.7. The second kappa shape index (κ2) is 28.7. The molecule has 440 valence electrons. The predicted octanol–water partition coefficient (Wildman–Crippen LogP) is 10.2. The Labute approximate surface area is 474 Å². The first-order chi connectivity index (χ1) is 38.1. The first-order valence-electron chi connectivity index (χ1n) is 28.7. The fourth-order valence-electron chi connectivity index (χ4n) is 12.5. The lowest BCUT2D eigenvalue weighted by atomic mass is 9.84. The van der Waals surface area contributed by atoms with Crippen molar-refractivity contribution in [2.24, 2.45) is 11.8 Å². The average Bonchev–Trinajstić information content (AvgIpc) is 4.50. The van der Waals surface area contributed by atoms with Crippen LogP contribution in [-0.4, -0.2) is 148 Å². The monoisotopic (exact) mass is 1140 g/mol. The molecule has 5 aliphatic heterocycles. The topological polar surface area (TPSA) is 179 Å². The van der Waals surface area contributed by atoms with Gasteiger partial charge in [0.25, 0.3) is 0 Å². The van der Waals surface area contributed by atoms with E-state index in [-0.39, 0.29) is 58.9 Å². The van der Waals surface area contributed by atoms with Crippen molar-refractivity contribution in [2.75, 3.05) is 80.4 Å². The highest BCUT2D eigenvalue weighted by Gasteiger charge is 2.56. The highest BCUT2D eigenvalue weighted by molar-refractivity contribution is 5.91. The summed E-state index contributed by atoms with van der Waals surface area (Å²) in [5.74, 6) is -3.06. The van der Waals surface area contributed by atoms with Crippen LogP contribution in [0.15, 0.2) is 54.6 Å². The SMILES string of the molecule is CCCCOC(=O)[C@@]1(C2CC2)CC[C@@H](N2CCC(c3ccc(F)c(C(=O)OC)c3)CC2)CO1.COC(=O)c1cc(C2CCN([C@@H]3CC[C@@](C(=O)O)(C4CC4)OC3)CC2)ccc1F.COC(=O)c1cc(C2CCNCC2)ccc1F.Cl. The third-order valence-electron chi connectivity index (χ3n) is 17.7. The Morgan fingerprint density at radius 3 is 1.29 bits per heavy atom. The summed E-state index contributed by atoms with van der Waals surface area (Å²) in [5.41, 5.74) is 1.29. The second-order valence-corrected chi connectivity index (χ2v) is 22.5. The Bertz CT molecular complexity index is 2580. The fraction of sp³-hybridized carbons (Fsp3) is 0.623. The minimum Gasteiger partial charge on any atom is -0.479 e. The normalized spacial score (nSPS) is 25.0. The number of halogens is 4. The largest absolute Gasteiger partial charge is 0.479 e. The number of hydrogen-bond acceptors (Lipinski definition) is 14. The number of hydrogen-bond donors (Lipinski definition) is 2. The van der Waals surface area contributed by atoms with E-state index in [2.05, 4.69) is 31.5 Å². The molecule has 5 heterocycles. The van der Waals surface area contributed by atoms with Gasteiger partial charge in [-0.1, -0.05) is 31.5 Å². The molecule has 2 saturated carbocycles. The number of carboxylic acids is 1. The van der Waals surface area contributed by atoms with Gasteiger partial charge in [0.15, 0.2) is 11.2 Å². The summed E-state index contributed by atoms with van der Waals surface area (Å²) >= 11 is 0. The van der Waals surface area contributed by atoms with Crippen LogP contribution in [0.3, 0.4) is 0 Å². The van der Waals surface area contributed by atoms with Crippen LogP contribution in [0.5, 0.6) is 0 Å². The van der Waals surface area contributed by atoms with E-state index in [0.29, 0.717) is 44.1 Å². The van der Waals surface area contributed by atoms with Crippen LogP contribution in [0.25, 0.3) is 0 Å². The molecule has 5 saturated heterocycles. The molecule has 7 fully saturated rings. The minimum absolute atomic E-state index is 0. The number of aliphatic carboxylic acids is 1. The van der Waals surface area contributed by atoms with Crippen LogP contribution in [0.4, 0.5) is 13.2 Å². The number of nitrogens with zero attached hydrogens (tertiary/aromatic N) is 2. The van der Waals surface area contributed by atoms with Crippen molar-refractivity contribution in [2.45, 2.75) is 151 Å². The van der Waals surface area contributed by atoms with E-state index < -0.39 is 52.5 Å². The smallest absolute Gasteiger partial charge is 0.340 e. The summed E-state index contributed by atoms with van der Waals surface area (Å²) in [6.45, 7) is 9.13.